The Morgan fingerprint density at radius 1 is 1.69 bits per heavy atom. The first-order valence-corrected chi connectivity index (χ1v) is 5.35. The summed E-state index contributed by atoms with van der Waals surface area (Å²) in [7, 11) is 1.65. The molecule has 0 saturated carbocycles. The summed E-state index contributed by atoms with van der Waals surface area (Å²) in [4.78, 5) is 26.0. The van der Waals surface area contributed by atoms with E-state index >= 15 is 0 Å². The molecule has 1 heterocycles. The summed E-state index contributed by atoms with van der Waals surface area (Å²) >= 11 is 4.72. The molecule has 0 aliphatic carbocycles. The van der Waals surface area contributed by atoms with Crippen LogP contribution in [0.5, 0.6) is 0 Å². The molecule has 16 heavy (non-hydrogen) atoms. The molecule has 1 rings (SSSR count). The van der Waals surface area contributed by atoms with E-state index in [1.165, 1.54) is 9.80 Å². The molecule has 2 N–H and O–H groups in total. The summed E-state index contributed by atoms with van der Waals surface area (Å²) in [5.74, 6) is -0.143. The van der Waals surface area contributed by atoms with Crippen LogP contribution in [-0.4, -0.2) is 60.1 Å². The van der Waals surface area contributed by atoms with E-state index in [0.29, 0.717) is 31.1 Å². The lowest BCUT2D eigenvalue weighted by molar-refractivity contribution is -0.130. The highest BCUT2D eigenvalue weighted by atomic mass is 32.1. The Morgan fingerprint density at radius 3 is 2.88 bits per heavy atom. The molecule has 0 unspecified atom stereocenters. The quantitative estimate of drug-likeness (QED) is 0.665. The first-order chi connectivity index (χ1) is 7.50. The van der Waals surface area contributed by atoms with Gasteiger partial charge in [-0.3, -0.25) is 9.69 Å². The molecule has 0 aromatic rings. The first-order valence-electron chi connectivity index (χ1n) is 4.94. The number of amides is 2. The highest BCUT2D eigenvalue weighted by molar-refractivity contribution is 7.80. The predicted octanol–water partition coefficient (Wildman–Crippen LogP) is -0.427. The fourth-order valence-corrected chi connectivity index (χ4v) is 1.35. The molecule has 1 aliphatic heterocycles. The molecule has 2 amide bonds. The van der Waals surface area contributed by atoms with E-state index in [2.05, 4.69) is 0 Å². The molecule has 0 radical (unpaired) electrons. The summed E-state index contributed by atoms with van der Waals surface area (Å²) in [6.45, 7) is 1.33. The normalized spacial score (nSPS) is 14.8. The molecule has 0 bridgehead atoms. The second-order valence-corrected chi connectivity index (χ2v) is 4.09. The van der Waals surface area contributed by atoms with Crippen LogP contribution < -0.4 is 5.73 Å². The van der Waals surface area contributed by atoms with Crippen LogP contribution in [0.1, 0.15) is 6.42 Å². The van der Waals surface area contributed by atoms with Crippen molar-refractivity contribution in [1.29, 1.82) is 0 Å². The van der Waals surface area contributed by atoms with Crippen LogP contribution in [0.2, 0.25) is 0 Å². The molecule has 7 heteroatoms. The van der Waals surface area contributed by atoms with Crippen molar-refractivity contribution in [1.82, 2.24) is 9.80 Å². The van der Waals surface area contributed by atoms with Gasteiger partial charge in [0.05, 0.1) is 11.5 Å². The van der Waals surface area contributed by atoms with Crippen LogP contribution in [0.25, 0.3) is 0 Å². The van der Waals surface area contributed by atoms with E-state index in [1.54, 1.807) is 7.05 Å². The van der Waals surface area contributed by atoms with Crippen molar-refractivity contribution < 1.29 is 14.3 Å². The summed E-state index contributed by atoms with van der Waals surface area (Å²) < 4.78 is 4.72. The third-order valence-corrected chi connectivity index (χ3v) is 2.49. The minimum Gasteiger partial charge on any atom is -0.448 e. The molecule has 1 aliphatic rings. The number of carbonyl (C=O) groups excluding carboxylic acids is 2. The SMILES string of the molecule is CN(CCC(N)=S)C(=O)CN1CCOC1=O. The van der Waals surface area contributed by atoms with Crippen molar-refractivity contribution in [3.63, 3.8) is 0 Å². The average Bonchev–Trinajstić information content (AvgIpc) is 2.60. The van der Waals surface area contributed by atoms with E-state index in [9.17, 15) is 9.59 Å². The molecular formula is C9H15N3O3S. The van der Waals surface area contributed by atoms with Gasteiger partial charge in [0.25, 0.3) is 0 Å². The molecule has 0 aromatic carbocycles. The number of hydrogen-bond acceptors (Lipinski definition) is 4. The number of nitrogens with two attached hydrogens (primary N) is 1. The van der Waals surface area contributed by atoms with Gasteiger partial charge in [0, 0.05) is 20.0 Å². The molecule has 90 valence electrons. The third kappa shape index (κ3) is 3.65. The number of likely N-dealkylation sites (N-methyl/N-ethyl adjacent to an activating group) is 1. The zero-order valence-electron chi connectivity index (χ0n) is 9.14. The lowest BCUT2D eigenvalue weighted by atomic mass is 10.3. The maximum atomic E-state index is 11.6. The van der Waals surface area contributed by atoms with Crippen molar-refractivity contribution in [3.05, 3.63) is 0 Å². The Labute approximate surface area is 99.3 Å². The Balaban J connectivity index is 2.33. The van der Waals surface area contributed by atoms with Gasteiger partial charge in [0.15, 0.2) is 0 Å². The summed E-state index contributed by atoms with van der Waals surface area (Å²) in [6.07, 6.45) is 0.0539. The van der Waals surface area contributed by atoms with E-state index in [0.717, 1.165) is 0 Å². The maximum Gasteiger partial charge on any atom is 0.410 e. The minimum atomic E-state index is -0.434. The van der Waals surface area contributed by atoms with Crippen LogP contribution in [0.4, 0.5) is 4.79 Å². The zero-order valence-corrected chi connectivity index (χ0v) is 9.96. The largest absolute Gasteiger partial charge is 0.448 e. The Hall–Kier alpha value is -1.37. The predicted molar refractivity (Wildman–Crippen MR) is 62.0 cm³/mol. The monoisotopic (exact) mass is 245 g/mol. The van der Waals surface area contributed by atoms with E-state index in [4.69, 9.17) is 22.7 Å². The van der Waals surface area contributed by atoms with Crippen LogP contribution in [-0.2, 0) is 9.53 Å². The zero-order chi connectivity index (χ0) is 12.1. The number of hydrogen-bond donors (Lipinski definition) is 1. The van der Waals surface area contributed by atoms with Crippen molar-refractivity contribution >= 4 is 29.2 Å². The Kier molecular flexibility index (Phi) is 4.48. The van der Waals surface area contributed by atoms with Gasteiger partial charge in [-0.25, -0.2) is 4.79 Å². The Bertz CT molecular complexity index is 308. The van der Waals surface area contributed by atoms with Gasteiger partial charge in [-0.15, -0.1) is 0 Å². The first kappa shape index (κ1) is 12.7. The molecule has 0 atom stereocenters. The number of ether oxygens (including phenoxy) is 1. The van der Waals surface area contributed by atoms with Crippen molar-refractivity contribution in [2.24, 2.45) is 5.73 Å². The third-order valence-electron chi connectivity index (χ3n) is 2.29. The minimum absolute atomic E-state index is 0.0483. The van der Waals surface area contributed by atoms with Crippen LogP contribution in [0.3, 0.4) is 0 Å². The number of thiocarbonyl (C=S) groups is 1. The van der Waals surface area contributed by atoms with Gasteiger partial charge in [-0.05, 0) is 0 Å². The van der Waals surface area contributed by atoms with Gasteiger partial charge in [-0.1, -0.05) is 12.2 Å². The lowest BCUT2D eigenvalue weighted by Gasteiger charge is -2.19. The van der Waals surface area contributed by atoms with E-state index < -0.39 is 6.09 Å². The smallest absolute Gasteiger partial charge is 0.410 e. The van der Waals surface area contributed by atoms with Gasteiger partial charge < -0.3 is 15.4 Å². The van der Waals surface area contributed by atoms with Gasteiger partial charge in [0.1, 0.15) is 13.2 Å². The highest BCUT2D eigenvalue weighted by Gasteiger charge is 2.25. The molecule has 6 nitrogen and oxygen atoms in total. The summed E-state index contributed by atoms with van der Waals surface area (Å²) in [5, 5.41) is 0. The van der Waals surface area contributed by atoms with E-state index in [1.807, 2.05) is 0 Å². The number of nitrogens with zero attached hydrogens (tertiary/aromatic N) is 2. The summed E-state index contributed by atoms with van der Waals surface area (Å²) in [6, 6.07) is 0. The number of cyclic esters (lactones) is 1. The maximum absolute atomic E-state index is 11.6. The highest BCUT2D eigenvalue weighted by Crippen LogP contribution is 2.03. The van der Waals surface area contributed by atoms with Crippen molar-refractivity contribution in [2.75, 3.05) is 33.3 Å². The molecule has 1 fully saturated rings. The Morgan fingerprint density at radius 2 is 2.38 bits per heavy atom. The molecule has 0 spiro atoms. The van der Waals surface area contributed by atoms with Gasteiger partial charge >= 0.3 is 6.09 Å². The van der Waals surface area contributed by atoms with Crippen molar-refractivity contribution in [2.45, 2.75) is 6.42 Å². The topological polar surface area (TPSA) is 75.9 Å². The molecule has 1 saturated heterocycles. The number of carbonyl (C=O) groups is 2. The van der Waals surface area contributed by atoms with Crippen LogP contribution in [0, 0.1) is 0 Å². The molecule has 0 aromatic heterocycles. The second kappa shape index (κ2) is 5.64. The van der Waals surface area contributed by atoms with E-state index in [-0.39, 0.29) is 12.5 Å². The summed E-state index contributed by atoms with van der Waals surface area (Å²) in [5.41, 5.74) is 5.34. The fraction of sp³-hybridized carbons (Fsp3) is 0.667. The van der Waals surface area contributed by atoms with Crippen LogP contribution >= 0.6 is 12.2 Å². The standard InChI is InChI=1S/C9H15N3O3S/c1-11(3-2-7(10)16)8(13)6-12-4-5-15-9(12)14/h2-6H2,1H3,(H2,10,16). The fourth-order valence-electron chi connectivity index (χ4n) is 1.26. The van der Waals surface area contributed by atoms with Gasteiger partial charge in [-0.2, -0.15) is 0 Å². The average molecular weight is 245 g/mol. The van der Waals surface area contributed by atoms with Crippen LogP contribution in [0.15, 0.2) is 0 Å². The van der Waals surface area contributed by atoms with Crippen molar-refractivity contribution in [3.8, 4) is 0 Å². The second-order valence-electron chi connectivity index (χ2n) is 3.57. The van der Waals surface area contributed by atoms with Gasteiger partial charge in [0.2, 0.25) is 5.91 Å². The number of rotatable bonds is 5. The lowest BCUT2D eigenvalue weighted by Crippen LogP contribution is -2.39. The molecular weight excluding hydrogens is 230 g/mol.